The molecule has 148 valence electrons. The van der Waals surface area contributed by atoms with Crippen molar-refractivity contribution in [2.24, 2.45) is 29.6 Å². The smallest absolute Gasteiger partial charge is 0.0231 e. The number of allylic oxidation sites excluding steroid dienone is 2. The Labute approximate surface area is 167 Å². The Morgan fingerprint density at radius 2 is 1.67 bits per heavy atom. The molecule has 4 rings (SSSR count). The maximum Gasteiger partial charge on any atom is -0.0231 e. The Balaban J connectivity index is 1.35. The lowest BCUT2D eigenvalue weighted by molar-refractivity contribution is 0.0810. The van der Waals surface area contributed by atoms with Crippen molar-refractivity contribution in [1.29, 1.82) is 0 Å². The number of benzene rings is 1. The normalized spacial score (nSPS) is 33.6. The van der Waals surface area contributed by atoms with Crippen LogP contribution in [-0.2, 0) is 19.3 Å². The molecule has 0 heterocycles. The van der Waals surface area contributed by atoms with Crippen molar-refractivity contribution < 1.29 is 0 Å². The monoisotopic (exact) mass is 364 g/mol. The standard InChI is InChI=1S/C27H40/c1-3-5-7-21-9-11-25-19-27(15-13-23(25)17-21)26-14-12-22-16-20(6-4-2)8-10-24(22)18-26/h4,6,9,11,17,20,22,24,26-27H,3,5,7-8,10,12-16,18-19H2,1-2H3. The Hall–Kier alpha value is -1.04. The van der Waals surface area contributed by atoms with E-state index in [9.17, 15) is 0 Å². The van der Waals surface area contributed by atoms with Crippen LogP contribution in [0.2, 0.25) is 0 Å². The third-order valence-corrected chi connectivity index (χ3v) is 8.18. The first-order chi connectivity index (χ1) is 13.3. The quantitative estimate of drug-likeness (QED) is 0.473. The molecular formula is C27H40. The van der Waals surface area contributed by atoms with Crippen molar-refractivity contribution in [1.82, 2.24) is 0 Å². The summed E-state index contributed by atoms with van der Waals surface area (Å²) in [4.78, 5) is 0. The van der Waals surface area contributed by atoms with Crippen LogP contribution >= 0.6 is 0 Å². The molecule has 3 aliphatic rings. The summed E-state index contributed by atoms with van der Waals surface area (Å²) in [7, 11) is 0. The topological polar surface area (TPSA) is 0 Å². The van der Waals surface area contributed by atoms with Crippen LogP contribution in [0.5, 0.6) is 0 Å². The fraction of sp³-hybridized carbons (Fsp3) is 0.704. The summed E-state index contributed by atoms with van der Waals surface area (Å²) in [5.41, 5.74) is 4.94. The molecule has 1 aromatic rings. The van der Waals surface area contributed by atoms with E-state index in [0.717, 1.165) is 29.6 Å². The molecule has 5 unspecified atom stereocenters. The first-order valence-corrected chi connectivity index (χ1v) is 12.0. The van der Waals surface area contributed by atoms with Crippen molar-refractivity contribution in [3.8, 4) is 0 Å². The van der Waals surface area contributed by atoms with Crippen molar-refractivity contribution in [3.05, 3.63) is 47.0 Å². The van der Waals surface area contributed by atoms with Crippen LogP contribution in [0.3, 0.4) is 0 Å². The highest BCUT2D eigenvalue weighted by molar-refractivity contribution is 5.34. The zero-order chi connectivity index (χ0) is 18.6. The van der Waals surface area contributed by atoms with E-state index in [0.29, 0.717) is 0 Å². The summed E-state index contributed by atoms with van der Waals surface area (Å²) < 4.78 is 0. The van der Waals surface area contributed by atoms with E-state index >= 15 is 0 Å². The van der Waals surface area contributed by atoms with E-state index < -0.39 is 0 Å². The third-order valence-electron chi connectivity index (χ3n) is 8.18. The average molecular weight is 365 g/mol. The molecule has 0 nitrogen and oxygen atoms in total. The Kier molecular flexibility index (Phi) is 6.41. The van der Waals surface area contributed by atoms with Gasteiger partial charge in [0.1, 0.15) is 0 Å². The first-order valence-electron chi connectivity index (χ1n) is 12.0. The second-order valence-electron chi connectivity index (χ2n) is 9.90. The van der Waals surface area contributed by atoms with E-state index in [2.05, 4.69) is 44.2 Å². The molecule has 0 N–H and O–H groups in total. The number of rotatable bonds is 5. The van der Waals surface area contributed by atoms with Crippen molar-refractivity contribution in [3.63, 3.8) is 0 Å². The molecule has 0 amide bonds. The predicted octanol–water partition coefficient (Wildman–Crippen LogP) is 7.54. The number of hydrogen-bond donors (Lipinski definition) is 0. The van der Waals surface area contributed by atoms with Gasteiger partial charge >= 0.3 is 0 Å². The molecule has 2 saturated carbocycles. The minimum atomic E-state index is 0.885. The van der Waals surface area contributed by atoms with Gasteiger partial charge in [-0.15, -0.1) is 0 Å². The molecular weight excluding hydrogens is 324 g/mol. The van der Waals surface area contributed by atoms with Gasteiger partial charge in [-0.05, 0) is 124 Å². The van der Waals surface area contributed by atoms with Crippen molar-refractivity contribution >= 4 is 0 Å². The Morgan fingerprint density at radius 3 is 2.48 bits per heavy atom. The Morgan fingerprint density at radius 1 is 0.889 bits per heavy atom. The maximum atomic E-state index is 2.54. The van der Waals surface area contributed by atoms with Gasteiger partial charge in [-0.1, -0.05) is 43.7 Å². The second kappa shape index (κ2) is 8.97. The van der Waals surface area contributed by atoms with Gasteiger partial charge in [0.15, 0.2) is 0 Å². The highest BCUT2D eigenvalue weighted by atomic mass is 14.4. The molecule has 2 fully saturated rings. The van der Waals surface area contributed by atoms with Crippen LogP contribution < -0.4 is 0 Å². The molecule has 0 saturated heterocycles. The summed E-state index contributed by atoms with van der Waals surface area (Å²) in [6.45, 7) is 4.49. The zero-order valence-electron chi connectivity index (χ0n) is 17.8. The van der Waals surface area contributed by atoms with Gasteiger partial charge in [-0.3, -0.25) is 0 Å². The van der Waals surface area contributed by atoms with Crippen molar-refractivity contribution in [2.45, 2.75) is 90.9 Å². The van der Waals surface area contributed by atoms with Gasteiger partial charge in [0.05, 0.1) is 0 Å². The first kappa shape index (κ1) is 19.3. The van der Waals surface area contributed by atoms with Gasteiger partial charge in [-0.25, -0.2) is 0 Å². The largest absolute Gasteiger partial charge is 0.0914 e. The van der Waals surface area contributed by atoms with Crippen LogP contribution in [0.1, 0.15) is 88.3 Å². The second-order valence-corrected chi connectivity index (χ2v) is 9.90. The number of hydrogen-bond acceptors (Lipinski definition) is 0. The number of fused-ring (bicyclic) bond motifs is 2. The zero-order valence-corrected chi connectivity index (χ0v) is 17.8. The van der Waals surface area contributed by atoms with Gasteiger partial charge in [0.2, 0.25) is 0 Å². The Bertz CT molecular complexity index is 639. The molecule has 0 radical (unpaired) electrons. The van der Waals surface area contributed by atoms with E-state index in [1.165, 1.54) is 70.6 Å². The van der Waals surface area contributed by atoms with E-state index in [4.69, 9.17) is 0 Å². The molecule has 27 heavy (non-hydrogen) atoms. The fourth-order valence-corrected chi connectivity index (χ4v) is 6.61. The molecule has 3 aliphatic carbocycles. The lowest BCUT2D eigenvalue weighted by atomic mass is 9.61. The fourth-order valence-electron chi connectivity index (χ4n) is 6.61. The highest BCUT2D eigenvalue weighted by Crippen LogP contribution is 2.48. The lowest BCUT2D eigenvalue weighted by Crippen LogP contribution is -2.34. The van der Waals surface area contributed by atoms with Crippen LogP contribution in [-0.4, -0.2) is 0 Å². The van der Waals surface area contributed by atoms with E-state index in [1.54, 1.807) is 23.1 Å². The van der Waals surface area contributed by atoms with Crippen LogP contribution in [0.15, 0.2) is 30.4 Å². The van der Waals surface area contributed by atoms with Gasteiger partial charge < -0.3 is 0 Å². The number of unbranched alkanes of at least 4 members (excludes halogenated alkanes) is 1. The molecule has 0 bridgehead atoms. The number of aryl methyl sites for hydroxylation is 2. The lowest BCUT2D eigenvalue weighted by Gasteiger charge is -2.44. The van der Waals surface area contributed by atoms with Gasteiger partial charge in [-0.2, -0.15) is 0 Å². The molecule has 0 spiro atoms. The van der Waals surface area contributed by atoms with Gasteiger partial charge in [0.25, 0.3) is 0 Å². The summed E-state index contributed by atoms with van der Waals surface area (Å²) in [5.74, 6) is 4.94. The van der Waals surface area contributed by atoms with Crippen LogP contribution in [0, 0.1) is 29.6 Å². The molecule has 0 heteroatoms. The summed E-state index contributed by atoms with van der Waals surface area (Å²) in [5, 5.41) is 0. The summed E-state index contributed by atoms with van der Waals surface area (Å²) >= 11 is 0. The molecule has 5 atom stereocenters. The minimum absolute atomic E-state index is 0.885. The molecule has 0 aromatic heterocycles. The average Bonchev–Trinajstić information content (AvgIpc) is 2.71. The summed E-state index contributed by atoms with van der Waals surface area (Å²) in [6.07, 6.45) is 21.8. The third kappa shape index (κ3) is 4.52. The maximum absolute atomic E-state index is 2.54. The van der Waals surface area contributed by atoms with Crippen LogP contribution in [0.4, 0.5) is 0 Å². The molecule has 0 aliphatic heterocycles. The molecule has 1 aromatic carbocycles. The minimum Gasteiger partial charge on any atom is -0.0914 e. The van der Waals surface area contributed by atoms with Gasteiger partial charge in [0, 0.05) is 0 Å². The van der Waals surface area contributed by atoms with Crippen LogP contribution in [0.25, 0.3) is 0 Å². The van der Waals surface area contributed by atoms with E-state index in [-0.39, 0.29) is 0 Å². The van der Waals surface area contributed by atoms with Crippen molar-refractivity contribution in [2.75, 3.05) is 0 Å². The van der Waals surface area contributed by atoms with E-state index in [1.807, 2.05) is 0 Å². The predicted molar refractivity (Wildman–Crippen MR) is 117 cm³/mol. The highest BCUT2D eigenvalue weighted by Gasteiger charge is 2.38. The summed E-state index contributed by atoms with van der Waals surface area (Å²) in [6, 6.07) is 7.46. The SMILES string of the molecule is CC=CC1CCC2CC(C3CCc4cc(CCCC)ccc4C3)CCC2C1.